The van der Waals surface area contributed by atoms with Crippen LogP contribution in [-0.2, 0) is 15.6 Å². The minimum atomic E-state index is -1.27. The number of nitrogens with zero attached hydrogens (tertiary/aromatic N) is 1. The summed E-state index contributed by atoms with van der Waals surface area (Å²) in [5.74, 6) is 0.217. The summed E-state index contributed by atoms with van der Waals surface area (Å²) in [6.45, 7) is 0. The molecule has 0 radical (unpaired) electrons. The lowest BCUT2D eigenvalue weighted by atomic mass is 10.3. The molecular formula is C11H15ClN2O2S. The standard InChI is InChI=1S/C11H15ClN2O2S/c1-14(2)11(15)5-6-17(16)10-4-3-8(12)7-9(10)13/h3-4,7H,5-6,13H2,1-2H3. The smallest absolute Gasteiger partial charge is 0.222 e. The zero-order valence-corrected chi connectivity index (χ0v) is 11.3. The van der Waals surface area contributed by atoms with Gasteiger partial charge >= 0.3 is 0 Å². The van der Waals surface area contributed by atoms with Crippen molar-refractivity contribution >= 4 is 34.0 Å². The van der Waals surface area contributed by atoms with Gasteiger partial charge in [-0.05, 0) is 18.2 Å². The van der Waals surface area contributed by atoms with Gasteiger partial charge in [-0.1, -0.05) is 11.6 Å². The van der Waals surface area contributed by atoms with Crippen molar-refractivity contribution in [3.8, 4) is 0 Å². The van der Waals surface area contributed by atoms with Crippen molar-refractivity contribution in [1.29, 1.82) is 0 Å². The predicted molar refractivity (Wildman–Crippen MR) is 70.5 cm³/mol. The second kappa shape index (κ2) is 6.02. The Labute approximate surface area is 108 Å². The van der Waals surface area contributed by atoms with Crippen molar-refractivity contribution in [1.82, 2.24) is 4.90 Å². The van der Waals surface area contributed by atoms with Crippen molar-refractivity contribution in [3.05, 3.63) is 23.2 Å². The van der Waals surface area contributed by atoms with Crippen LogP contribution in [0, 0.1) is 0 Å². The van der Waals surface area contributed by atoms with Crippen LogP contribution in [0.15, 0.2) is 23.1 Å². The molecule has 1 amide bonds. The summed E-state index contributed by atoms with van der Waals surface area (Å²) in [6.07, 6.45) is 0.238. The van der Waals surface area contributed by atoms with Crippen LogP contribution in [0.2, 0.25) is 5.02 Å². The van der Waals surface area contributed by atoms with Gasteiger partial charge < -0.3 is 10.6 Å². The maximum atomic E-state index is 11.9. The van der Waals surface area contributed by atoms with Gasteiger partial charge in [0, 0.05) is 37.0 Å². The molecule has 2 N–H and O–H groups in total. The largest absolute Gasteiger partial charge is 0.398 e. The lowest BCUT2D eigenvalue weighted by molar-refractivity contribution is -0.128. The predicted octanol–water partition coefficient (Wildman–Crippen LogP) is 1.51. The fourth-order valence-electron chi connectivity index (χ4n) is 1.24. The molecule has 4 nitrogen and oxygen atoms in total. The van der Waals surface area contributed by atoms with E-state index in [0.717, 1.165) is 0 Å². The van der Waals surface area contributed by atoms with Crippen molar-refractivity contribution in [2.24, 2.45) is 0 Å². The first-order chi connectivity index (χ1) is 7.91. The Kier molecular flexibility index (Phi) is 4.96. The zero-order valence-electron chi connectivity index (χ0n) is 9.77. The Morgan fingerprint density at radius 2 is 2.12 bits per heavy atom. The molecule has 0 aromatic heterocycles. The lowest BCUT2D eigenvalue weighted by Crippen LogP contribution is -2.23. The summed E-state index contributed by atoms with van der Waals surface area (Å²) in [5.41, 5.74) is 6.11. The van der Waals surface area contributed by atoms with E-state index in [2.05, 4.69) is 0 Å². The molecule has 94 valence electrons. The van der Waals surface area contributed by atoms with Gasteiger partial charge in [0.2, 0.25) is 5.91 Å². The van der Waals surface area contributed by atoms with Gasteiger partial charge in [0.05, 0.1) is 15.7 Å². The normalized spacial score (nSPS) is 12.2. The minimum Gasteiger partial charge on any atom is -0.398 e. The third-order valence-electron chi connectivity index (χ3n) is 2.22. The molecule has 0 fully saturated rings. The number of halogens is 1. The number of nitrogens with two attached hydrogens (primary N) is 1. The maximum Gasteiger partial charge on any atom is 0.222 e. The monoisotopic (exact) mass is 274 g/mol. The SMILES string of the molecule is CN(C)C(=O)CCS(=O)c1ccc(Cl)cc1N. The first kappa shape index (κ1) is 14.0. The molecule has 0 aliphatic heterocycles. The van der Waals surface area contributed by atoms with E-state index in [4.69, 9.17) is 17.3 Å². The molecule has 1 aromatic rings. The molecule has 1 aromatic carbocycles. The number of carbonyl (C=O) groups excluding carboxylic acids is 1. The molecule has 0 saturated heterocycles. The number of hydrogen-bond donors (Lipinski definition) is 1. The van der Waals surface area contributed by atoms with Gasteiger partial charge in [0.25, 0.3) is 0 Å². The molecule has 0 spiro atoms. The van der Waals surface area contributed by atoms with Crippen LogP contribution in [0.25, 0.3) is 0 Å². The van der Waals surface area contributed by atoms with Gasteiger partial charge in [-0.25, -0.2) is 0 Å². The molecule has 0 saturated carbocycles. The summed E-state index contributed by atoms with van der Waals surface area (Å²) < 4.78 is 11.9. The fourth-order valence-corrected chi connectivity index (χ4v) is 2.54. The average Bonchev–Trinajstić information content (AvgIpc) is 2.25. The summed E-state index contributed by atoms with van der Waals surface area (Å²) in [7, 11) is 2.07. The Bertz CT molecular complexity index is 449. The molecular weight excluding hydrogens is 260 g/mol. The third-order valence-corrected chi connectivity index (χ3v) is 3.89. The zero-order chi connectivity index (χ0) is 13.0. The highest BCUT2D eigenvalue weighted by Crippen LogP contribution is 2.21. The lowest BCUT2D eigenvalue weighted by Gasteiger charge is -2.10. The Morgan fingerprint density at radius 3 is 2.65 bits per heavy atom. The van der Waals surface area contributed by atoms with Crippen molar-refractivity contribution < 1.29 is 9.00 Å². The molecule has 1 unspecified atom stereocenters. The van der Waals surface area contributed by atoms with E-state index in [-0.39, 0.29) is 18.1 Å². The Balaban J connectivity index is 2.68. The van der Waals surface area contributed by atoms with Crippen molar-refractivity contribution in [2.45, 2.75) is 11.3 Å². The van der Waals surface area contributed by atoms with Crippen LogP contribution in [0.1, 0.15) is 6.42 Å². The fraction of sp³-hybridized carbons (Fsp3) is 0.364. The van der Waals surface area contributed by atoms with E-state index in [9.17, 15) is 9.00 Å². The van der Waals surface area contributed by atoms with Gasteiger partial charge in [-0.2, -0.15) is 0 Å². The summed E-state index contributed by atoms with van der Waals surface area (Å²) in [5, 5.41) is 0.507. The number of nitrogen functional groups attached to an aromatic ring is 1. The van der Waals surface area contributed by atoms with Gasteiger partial charge in [0.15, 0.2) is 0 Å². The van der Waals surface area contributed by atoms with Gasteiger partial charge in [-0.15, -0.1) is 0 Å². The van der Waals surface area contributed by atoms with E-state index >= 15 is 0 Å². The van der Waals surface area contributed by atoms with Crippen LogP contribution in [0.3, 0.4) is 0 Å². The van der Waals surface area contributed by atoms with E-state index in [1.54, 1.807) is 32.3 Å². The highest BCUT2D eigenvalue weighted by atomic mass is 35.5. The molecule has 17 heavy (non-hydrogen) atoms. The highest BCUT2D eigenvalue weighted by molar-refractivity contribution is 7.85. The summed E-state index contributed by atoms with van der Waals surface area (Å²) in [4.78, 5) is 13.4. The quantitative estimate of drug-likeness (QED) is 0.847. The second-order valence-electron chi connectivity index (χ2n) is 3.77. The summed E-state index contributed by atoms with van der Waals surface area (Å²) in [6, 6.07) is 4.83. The molecule has 6 heteroatoms. The van der Waals surface area contributed by atoms with Crippen LogP contribution in [0.4, 0.5) is 5.69 Å². The molecule has 1 rings (SSSR count). The topological polar surface area (TPSA) is 63.4 Å². The Hall–Kier alpha value is -1.07. The average molecular weight is 275 g/mol. The van der Waals surface area contributed by atoms with Crippen molar-refractivity contribution in [2.75, 3.05) is 25.6 Å². The summed E-state index contributed by atoms with van der Waals surface area (Å²) >= 11 is 5.75. The van der Waals surface area contributed by atoms with Gasteiger partial charge in [0.1, 0.15) is 0 Å². The highest BCUT2D eigenvalue weighted by Gasteiger charge is 2.11. The van der Waals surface area contributed by atoms with Gasteiger partial charge in [-0.3, -0.25) is 9.00 Å². The molecule has 0 bridgehead atoms. The second-order valence-corrected chi connectivity index (χ2v) is 5.75. The first-order valence-corrected chi connectivity index (χ1v) is 6.75. The van der Waals surface area contributed by atoms with E-state index in [1.165, 1.54) is 4.90 Å². The molecule has 0 heterocycles. The van der Waals surface area contributed by atoms with E-state index in [1.807, 2.05) is 0 Å². The Morgan fingerprint density at radius 1 is 1.47 bits per heavy atom. The molecule has 0 aliphatic carbocycles. The number of amides is 1. The number of benzene rings is 1. The van der Waals surface area contributed by atoms with Crippen LogP contribution < -0.4 is 5.73 Å². The van der Waals surface area contributed by atoms with Crippen LogP contribution in [0.5, 0.6) is 0 Å². The molecule has 0 aliphatic rings. The first-order valence-electron chi connectivity index (χ1n) is 5.05. The molecule has 1 atom stereocenters. The van der Waals surface area contributed by atoms with Crippen LogP contribution >= 0.6 is 11.6 Å². The number of carbonyl (C=O) groups is 1. The van der Waals surface area contributed by atoms with E-state index < -0.39 is 10.8 Å². The third kappa shape index (κ3) is 4.02. The number of rotatable bonds is 4. The van der Waals surface area contributed by atoms with Crippen molar-refractivity contribution in [3.63, 3.8) is 0 Å². The number of anilines is 1. The van der Waals surface area contributed by atoms with Crippen LogP contribution in [-0.4, -0.2) is 34.9 Å². The maximum absolute atomic E-state index is 11.9. The minimum absolute atomic E-state index is 0.0501. The van der Waals surface area contributed by atoms with E-state index in [0.29, 0.717) is 15.6 Å². The number of hydrogen-bond acceptors (Lipinski definition) is 3.